The van der Waals surface area contributed by atoms with Gasteiger partial charge >= 0.3 is 5.97 Å². The number of rotatable bonds is 6. The summed E-state index contributed by atoms with van der Waals surface area (Å²) in [4.78, 5) is 69.2. The fourth-order valence-electron chi connectivity index (χ4n) is 9.93. The molecule has 0 saturated heterocycles. The highest BCUT2D eigenvalue weighted by Gasteiger charge is 2.48. The van der Waals surface area contributed by atoms with Crippen LogP contribution in [-0.2, 0) is 49.7 Å². The highest BCUT2D eigenvalue weighted by molar-refractivity contribution is 6.22. The van der Waals surface area contributed by atoms with Crippen molar-refractivity contribution in [1.29, 1.82) is 0 Å². The number of benzene rings is 3. The molecule has 2 N–H and O–H groups in total. The number of hydrogen-bond donors (Lipinski definition) is 2. The van der Waals surface area contributed by atoms with Gasteiger partial charge in [0, 0.05) is 44.9 Å². The first kappa shape index (κ1) is 43.3. The summed E-state index contributed by atoms with van der Waals surface area (Å²) < 4.78 is 5.48. The predicted molar refractivity (Wildman–Crippen MR) is 228 cm³/mol. The second kappa shape index (κ2) is 18.9. The Hall–Kier alpha value is -5.77. The number of hydrogen-bond acceptors (Lipinski definition) is 9. The zero-order chi connectivity index (χ0) is 43.0. The molecule has 3 aromatic carbocycles. The van der Waals surface area contributed by atoms with E-state index >= 15 is 0 Å². The van der Waals surface area contributed by atoms with Crippen LogP contribution in [0, 0.1) is 16.2 Å². The van der Waals surface area contributed by atoms with E-state index in [0.29, 0.717) is 38.5 Å². The van der Waals surface area contributed by atoms with Gasteiger partial charge in [0.15, 0.2) is 23.1 Å². The molecule has 5 fully saturated rings. The highest BCUT2D eigenvalue weighted by atomic mass is 16.5. The summed E-state index contributed by atoms with van der Waals surface area (Å²) in [6.07, 6.45) is 15.1. The molecule has 0 bridgehead atoms. The molecule has 0 aliphatic heterocycles. The van der Waals surface area contributed by atoms with E-state index in [1.165, 1.54) is 25.7 Å². The number of ketones is 5. The van der Waals surface area contributed by atoms with E-state index in [1.54, 1.807) is 12.1 Å². The molecule has 6 aliphatic carbocycles. The number of aliphatic hydroxyl groups excluding tert-OH is 1. The number of carboxylic acid groups (broad SMARTS) is 1. The lowest BCUT2D eigenvalue weighted by Crippen LogP contribution is -2.41. The van der Waals surface area contributed by atoms with Crippen LogP contribution in [0.4, 0.5) is 0 Å². The fourth-order valence-corrected chi connectivity index (χ4v) is 9.93. The molecule has 3 spiro atoms. The summed E-state index contributed by atoms with van der Waals surface area (Å²) >= 11 is 0. The summed E-state index contributed by atoms with van der Waals surface area (Å²) in [7, 11) is 0. The molecule has 0 unspecified atom stereocenters. The Labute approximate surface area is 356 Å². The summed E-state index contributed by atoms with van der Waals surface area (Å²) in [5, 5.41) is 22.7. The molecule has 10 heteroatoms. The number of carboxylic acids is 1. The van der Waals surface area contributed by atoms with Crippen LogP contribution in [0.1, 0.15) is 135 Å². The number of fused-ring (bicyclic) bond motifs is 1. The van der Waals surface area contributed by atoms with Crippen molar-refractivity contribution in [3.63, 3.8) is 0 Å². The maximum atomic E-state index is 12.5. The van der Waals surface area contributed by atoms with Crippen molar-refractivity contribution in [2.24, 2.45) is 16.2 Å². The van der Waals surface area contributed by atoms with Crippen molar-refractivity contribution in [2.75, 3.05) is 0 Å². The van der Waals surface area contributed by atoms with Gasteiger partial charge in [-0.1, -0.05) is 115 Å². The van der Waals surface area contributed by atoms with Crippen molar-refractivity contribution < 1.29 is 43.5 Å². The Kier molecular flexibility index (Phi) is 13.4. The minimum Gasteiger partial charge on any atom is -0.511 e. The molecule has 318 valence electrons. The third-order valence-electron chi connectivity index (χ3n) is 13.5. The standard InChI is InChI=1S/C17H17NO2.C17H18O3.C9H12O2.C8H8O2/c19-14-11-17(7-4-8-17)10-13-16(14)15(20-18-13)9-12-5-2-1-3-6-12;18-13(9-12-5-2-1-3-6-12)16-14(19)10-17(7-4-8-17)11-15(16)20;10-7-4-8(11)6-9(5-7)2-1-3-9;9-8(10)6-7-4-2-1-3-5-7/h1-3,5-6H,4,7-11H2;1-3,5-6,18H,4,7-11H2;1-6H2;1-5H,6H2,(H,9,10). The van der Waals surface area contributed by atoms with Crippen molar-refractivity contribution in [2.45, 2.75) is 122 Å². The zero-order valence-corrected chi connectivity index (χ0v) is 34.8. The molecule has 0 atom stereocenters. The SMILES string of the molecule is O=C(O)Cc1ccccc1.O=C1CC(=O)CC2(CCC2)C1.O=C1CC2(CCC2)CC(=O)C1=C(O)Cc1ccccc1.O=C1CC2(CCC2)Cc2noc(Cc3ccccc3)c21. The molecule has 10 rings (SSSR count). The molecular weight excluding hydrogens is 771 g/mol. The van der Waals surface area contributed by atoms with Crippen LogP contribution in [-0.4, -0.2) is 50.3 Å². The maximum Gasteiger partial charge on any atom is 0.307 e. The van der Waals surface area contributed by atoms with Gasteiger partial charge in [-0.15, -0.1) is 0 Å². The predicted octanol–water partition coefficient (Wildman–Crippen LogP) is 9.50. The summed E-state index contributed by atoms with van der Waals surface area (Å²) in [5.41, 5.74) is 4.90. The molecule has 10 nitrogen and oxygen atoms in total. The van der Waals surface area contributed by atoms with E-state index in [2.05, 4.69) is 17.3 Å². The number of carbonyl (C=O) groups excluding carboxylic acids is 5. The molecule has 1 aromatic heterocycles. The highest BCUT2D eigenvalue weighted by Crippen LogP contribution is 2.52. The van der Waals surface area contributed by atoms with Crippen molar-refractivity contribution in [3.05, 3.63) is 136 Å². The van der Waals surface area contributed by atoms with Gasteiger partial charge in [0.25, 0.3) is 0 Å². The van der Waals surface area contributed by atoms with Crippen molar-refractivity contribution in [1.82, 2.24) is 5.16 Å². The van der Waals surface area contributed by atoms with Gasteiger partial charge in [0.2, 0.25) is 0 Å². The Morgan fingerprint density at radius 1 is 0.541 bits per heavy atom. The number of aliphatic carboxylic acids is 1. The third-order valence-corrected chi connectivity index (χ3v) is 13.5. The Balaban J connectivity index is 0.000000128. The number of nitrogens with zero attached hydrogens (tertiary/aromatic N) is 1. The molecule has 4 aromatic rings. The van der Waals surface area contributed by atoms with Crippen molar-refractivity contribution >= 4 is 34.9 Å². The van der Waals surface area contributed by atoms with Crippen LogP contribution in [0.2, 0.25) is 0 Å². The first-order valence-electron chi connectivity index (χ1n) is 21.7. The van der Waals surface area contributed by atoms with Gasteiger partial charge < -0.3 is 14.7 Å². The number of allylic oxidation sites excluding steroid dienone is 2. The zero-order valence-electron chi connectivity index (χ0n) is 34.8. The summed E-state index contributed by atoms with van der Waals surface area (Å²) in [6, 6.07) is 28.6. The molecular formula is C51H55NO9. The minimum absolute atomic E-state index is 0.0476. The second-order valence-corrected chi connectivity index (χ2v) is 18.3. The van der Waals surface area contributed by atoms with Crippen molar-refractivity contribution in [3.8, 4) is 0 Å². The van der Waals surface area contributed by atoms with E-state index in [0.717, 1.165) is 72.2 Å². The number of Topliss-reactive ketones (excluding diaryl/α,β-unsaturated/α-hetero) is 5. The Morgan fingerprint density at radius 2 is 0.967 bits per heavy atom. The fraction of sp³-hybridized carbons (Fsp3) is 0.431. The van der Waals surface area contributed by atoms with E-state index in [1.807, 2.05) is 66.7 Å². The molecule has 61 heavy (non-hydrogen) atoms. The van der Waals surface area contributed by atoms with Crippen LogP contribution in [0.15, 0.2) is 107 Å². The topological polar surface area (TPSA) is 169 Å². The number of carbonyl (C=O) groups is 6. The molecule has 6 aliphatic rings. The Morgan fingerprint density at radius 3 is 1.43 bits per heavy atom. The number of aromatic nitrogens is 1. The van der Waals surface area contributed by atoms with Crippen LogP contribution in [0.25, 0.3) is 0 Å². The first-order chi connectivity index (χ1) is 29.3. The van der Waals surface area contributed by atoms with Crippen LogP contribution in [0.3, 0.4) is 0 Å². The van der Waals surface area contributed by atoms with Crippen LogP contribution < -0.4 is 0 Å². The average molecular weight is 826 g/mol. The monoisotopic (exact) mass is 825 g/mol. The summed E-state index contributed by atoms with van der Waals surface area (Å²) in [5.74, 6) is 0.112. The molecule has 1 heterocycles. The normalized spacial score (nSPS) is 20.0. The average Bonchev–Trinajstić information content (AvgIpc) is 3.59. The van der Waals surface area contributed by atoms with Crippen LogP contribution >= 0.6 is 0 Å². The quantitative estimate of drug-likeness (QED) is 0.0827. The lowest BCUT2D eigenvalue weighted by molar-refractivity contribution is -0.138. The van der Waals surface area contributed by atoms with E-state index < -0.39 is 5.97 Å². The first-order valence-corrected chi connectivity index (χ1v) is 21.7. The van der Waals surface area contributed by atoms with Gasteiger partial charge in [0.1, 0.15) is 17.3 Å². The largest absolute Gasteiger partial charge is 0.511 e. The minimum atomic E-state index is -0.786. The molecule has 5 saturated carbocycles. The third kappa shape index (κ3) is 10.8. The second-order valence-electron chi connectivity index (χ2n) is 18.3. The molecule has 0 radical (unpaired) electrons. The molecule has 0 amide bonds. The van der Waals surface area contributed by atoms with Gasteiger partial charge in [-0.3, -0.25) is 28.8 Å². The van der Waals surface area contributed by atoms with Gasteiger partial charge in [-0.2, -0.15) is 0 Å². The van der Waals surface area contributed by atoms with Gasteiger partial charge in [-0.25, -0.2) is 0 Å². The van der Waals surface area contributed by atoms with Crippen LogP contribution in [0.5, 0.6) is 0 Å². The Bertz CT molecular complexity index is 2240. The number of aliphatic hydroxyl groups is 1. The van der Waals surface area contributed by atoms with E-state index in [4.69, 9.17) is 9.63 Å². The lowest BCUT2D eigenvalue weighted by Gasteiger charge is -2.43. The van der Waals surface area contributed by atoms with E-state index in [9.17, 15) is 33.9 Å². The van der Waals surface area contributed by atoms with Gasteiger partial charge in [0.05, 0.1) is 29.7 Å². The summed E-state index contributed by atoms with van der Waals surface area (Å²) in [6.45, 7) is 0. The lowest BCUT2D eigenvalue weighted by atomic mass is 9.59. The maximum absolute atomic E-state index is 12.5. The van der Waals surface area contributed by atoms with Gasteiger partial charge in [-0.05, 0) is 77.9 Å². The van der Waals surface area contributed by atoms with E-state index in [-0.39, 0.29) is 75.8 Å². The smallest absolute Gasteiger partial charge is 0.307 e.